The molecule has 4 heteroatoms. The summed E-state index contributed by atoms with van der Waals surface area (Å²) in [5.74, 6) is 0. The lowest BCUT2D eigenvalue weighted by Gasteiger charge is -2.07. The average molecular weight is 265 g/mol. The number of hydrogen-bond donors (Lipinski definition) is 1. The number of nitrogens with one attached hydrogen (secondary N) is 1. The third-order valence-electron chi connectivity index (χ3n) is 3.17. The second-order valence-electron chi connectivity index (χ2n) is 4.40. The number of imidazole rings is 1. The normalized spacial score (nSPS) is 10.5. The van der Waals surface area contributed by atoms with E-state index in [2.05, 4.69) is 11.1 Å². The van der Waals surface area contributed by atoms with Crippen molar-refractivity contribution in [1.29, 1.82) is 5.26 Å². The molecule has 2 aromatic carbocycles. The molecule has 0 spiro atoms. The second-order valence-corrected chi connectivity index (χ2v) is 4.78. The summed E-state index contributed by atoms with van der Waals surface area (Å²) in [5, 5.41) is 9.02. The molecule has 0 aliphatic heterocycles. The summed E-state index contributed by atoms with van der Waals surface area (Å²) >= 11 is 5.40. The molecule has 3 nitrogen and oxygen atoms in total. The predicted molar refractivity (Wildman–Crippen MR) is 77.9 cm³/mol. The van der Waals surface area contributed by atoms with E-state index in [-0.39, 0.29) is 0 Å². The lowest BCUT2D eigenvalue weighted by Crippen LogP contribution is -1.96. The minimum Gasteiger partial charge on any atom is -0.330 e. The van der Waals surface area contributed by atoms with Crippen molar-refractivity contribution in [3.8, 4) is 11.8 Å². The molecule has 0 bridgehead atoms. The van der Waals surface area contributed by atoms with Crippen LogP contribution in [0.1, 0.15) is 11.1 Å². The SMILES string of the molecule is Cc1ccccc1-n1c(=S)[nH]c2ccc(C#N)cc21. The Morgan fingerprint density at radius 2 is 2.00 bits per heavy atom. The summed E-state index contributed by atoms with van der Waals surface area (Å²) in [6.45, 7) is 2.05. The van der Waals surface area contributed by atoms with Crippen LogP contribution in [0.5, 0.6) is 0 Å². The highest BCUT2D eigenvalue weighted by Crippen LogP contribution is 2.22. The zero-order chi connectivity index (χ0) is 13.4. The molecule has 19 heavy (non-hydrogen) atoms. The van der Waals surface area contributed by atoms with Crippen LogP contribution in [0, 0.1) is 23.0 Å². The van der Waals surface area contributed by atoms with Crippen LogP contribution < -0.4 is 0 Å². The molecular weight excluding hydrogens is 254 g/mol. The Morgan fingerprint density at radius 3 is 2.74 bits per heavy atom. The van der Waals surface area contributed by atoms with Gasteiger partial charge in [0.15, 0.2) is 4.77 Å². The molecule has 0 amide bonds. The lowest BCUT2D eigenvalue weighted by atomic mass is 10.2. The third kappa shape index (κ3) is 1.85. The minimum atomic E-state index is 0.629. The van der Waals surface area contributed by atoms with E-state index in [1.807, 2.05) is 47.9 Å². The Labute approximate surface area is 115 Å². The molecule has 0 atom stereocenters. The smallest absolute Gasteiger partial charge is 0.182 e. The zero-order valence-electron chi connectivity index (χ0n) is 10.3. The van der Waals surface area contributed by atoms with E-state index in [4.69, 9.17) is 17.5 Å². The van der Waals surface area contributed by atoms with Gasteiger partial charge in [0.2, 0.25) is 0 Å². The van der Waals surface area contributed by atoms with Gasteiger partial charge in [-0.1, -0.05) is 18.2 Å². The molecule has 0 radical (unpaired) electrons. The summed E-state index contributed by atoms with van der Waals surface area (Å²) in [6, 6.07) is 15.7. The third-order valence-corrected chi connectivity index (χ3v) is 3.45. The van der Waals surface area contributed by atoms with Crippen LogP contribution >= 0.6 is 12.2 Å². The van der Waals surface area contributed by atoms with Crippen molar-refractivity contribution < 1.29 is 0 Å². The molecule has 0 unspecified atom stereocenters. The number of aromatic amines is 1. The number of fused-ring (bicyclic) bond motifs is 1. The van der Waals surface area contributed by atoms with Gasteiger partial charge in [-0.05, 0) is 49.0 Å². The number of nitrogens with zero attached hydrogens (tertiary/aromatic N) is 2. The first-order valence-corrected chi connectivity index (χ1v) is 6.32. The van der Waals surface area contributed by atoms with E-state index in [0.29, 0.717) is 10.3 Å². The number of H-pyrrole nitrogens is 1. The van der Waals surface area contributed by atoms with Crippen LogP contribution in [0.3, 0.4) is 0 Å². The number of rotatable bonds is 1. The maximum absolute atomic E-state index is 9.02. The Kier molecular flexibility index (Phi) is 2.69. The van der Waals surface area contributed by atoms with Gasteiger partial charge in [0.05, 0.1) is 28.4 Å². The fraction of sp³-hybridized carbons (Fsp3) is 0.0667. The maximum Gasteiger partial charge on any atom is 0.182 e. The van der Waals surface area contributed by atoms with E-state index in [9.17, 15) is 0 Å². The van der Waals surface area contributed by atoms with Crippen LogP contribution in [0.25, 0.3) is 16.7 Å². The molecular formula is C15H11N3S. The van der Waals surface area contributed by atoms with Crippen molar-refractivity contribution in [2.45, 2.75) is 6.92 Å². The summed E-state index contributed by atoms with van der Waals surface area (Å²) in [6.07, 6.45) is 0. The molecule has 0 aliphatic rings. The summed E-state index contributed by atoms with van der Waals surface area (Å²) in [5.41, 5.74) is 4.67. The van der Waals surface area contributed by atoms with Crippen molar-refractivity contribution in [3.63, 3.8) is 0 Å². The highest BCUT2D eigenvalue weighted by molar-refractivity contribution is 7.71. The lowest BCUT2D eigenvalue weighted by molar-refractivity contribution is 1.05. The standard InChI is InChI=1S/C15H11N3S/c1-10-4-2-3-5-13(10)18-14-8-11(9-16)6-7-12(14)17-15(18)19/h2-8H,1H3,(H,17,19). The van der Waals surface area contributed by atoms with Crippen LogP contribution in [0.4, 0.5) is 0 Å². The van der Waals surface area contributed by atoms with Crippen molar-refractivity contribution in [1.82, 2.24) is 9.55 Å². The molecule has 3 rings (SSSR count). The van der Waals surface area contributed by atoms with Gasteiger partial charge in [-0.25, -0.2) is 0 Å². The van der Waals surface area contributed by atoms with Gasteiger partial charge >= 0.3 is 0 Å². The molecule has 1 N–H and O–H groups in total. The van der Waals surface area contributed by atoms with Gasteiger partial charge in [-0.15, -0.1) is 0 Å². The Hall–Kier alpha value is -2.38. The van der Waals surface area contributed by atoms with E-state index in [0.717, 1.165) is 22.3 Å². The van der Waals surface area contributed by atoms with E-state index in [1.54, 1.807) is 6.07 Å². The molecule has 1 heterocycles. The first-order chi connectivity index (χ1) is 9.20. The second kappa shape index (κ2) is 4.38. The fourth-order valence-electron chi connectivity index (χ4n) is 2.23. The quantitative estimate of drug-likeness (QED) is 0.679. The van der Waals surface area contributed by atoms with Gasteiger partial charge in [0, 0.05) is 0 Å². The first kappa shape index (κ1) is 11.7. The number of para-hydroxylation sites is 1. The van der Waals surface area contributed by atoms with Crippen LogP contribution in [0.2, 0.25) is 0 Å². The Balaban J connectivity index is 2.41. The summed E-state index contributed by atoms with van der Waals surface area (Å²) < 4.78 is 2.61. The van der Waals surface area contributed by atoms with E-state index < -0.39 is 0 Å². The number of aromatic nitrogens is 2. The van der Waals surface area contributed by atoms with E-state index >= 15 is 0 Å². The van der Waals surface area contributed by atoms with Crippen molar-refractivity contribution >= 4 is 23.3 Å². The fourth-order valence-corrected chi connectivity index (χ4v) is 2.53. The van der Waals surface area contributed by atoms with E-state index in [1.165, 1.54) is 0 Å². The Morgan fingerprint density at radius 1 is 1.21 bits per heavy atom. The summed E-state index contributed by atoms with van der Waals surface area (Å²) in [4.78, 5) is 3.17. The topological polar surface area (TPSA) is 44.5 Å². The van der Waals surface area contributed by atoms with Crippen molar-refractivity contribution in [2.75, 3.05) is 0 Å². The van der Waals surface area contributed by atoms with Crippen LogP contribution in [-0.2, 0) is 0 Å². The minimum absolute atomic E-state index is 0.629. The molecule has 1 aromatic heterocycles. The van der Waals surface area contributed by atoms with Gasteiger partial charge in [-0.3, -0.25) is 4.57 Å². The number of aryl methyl sites for hydroxylation is 1. The van der Waals surface area contributed by atoms with Crippen LogP contribution in [-0.4, -0.2) is 9.55 Å². The molecule has 0 saturated carbocycles. The van der Waals surface area contributed by atoms with Gasteiger partial charge in [0.1, 0.15) is 0 Å². The summed E-state index contributed by atoms with van der Waals surface area (Å²) in [7, 11) is 0. The molecule has 0 saturated heterocycles. The first-order valence-electron chi connectivity index (χ1n) is 5.91. The van der Waals surface area contributed by atoms with Crippen LogP contribution in [0.15, 0.2) is 42.5 Å². The van der Waals surface area contributed by atoms with Gasteiger partial charge in [0.25, 0.3) is 0 Å². The number of nitriles is 1. The largest absolute Gasteiger partial charge is 0.330 e. The predicted octanol–water partition coefficient (Wildman–Crippen LogP) is 3.87. The number of benzene rings is 2. The highest BCUT2D eigenvalue weighted by atomic mass is 32.1. The molecule has 0 aliphatic carbocycles. The van der Waals surface area contributed by atoms with Gasteiger partial charge in [-0.2, -0.15) is 5.26 Å². The van der Waals surface area contributed by atoms with Crippen molar-refractivity contribution in [2.24, 2.45) is 0 Å². The van der Waals surface area contributed by atoms with Crippen molar-refractivity contribution in [3.05, 3.63) is 58.4 Å². The average Bonchev–Trinajstić information content (AvgIpc) is 2.74. The monoisotopic (exact) mass is 265 g/mol. The maximum atomic E-state index is 9.02. The highest BCUT2D eigenvalue weighted by Gasteiger charge is 2.08. The molecule has 0 fully saturated rings. The zero-order valence-corrected chi connectivity index (χ0v) is 11.2. The number of hydrogen-bond acceptors (Lipinski definition) is 2. The van der Waals surface area contributed by atoms with Gasteiger partial charge < -0.3 is 4.98 Å². The molecule has 92 valence electrons. The Bertz CT molecular complexity index is 865. The molecule has 3 aromatic rings.